The van der Waals surface area contributed by atoms with Crippen molar-refractivity contribution in [2.24, 2.45) is 0 Å². The number of anilines is 1. The molecule has 2 aromatic carbocycles. The first-order valence-corrected chi connectivity index (χ1v) is 9.70. The van der Waals surface area contributed by atoms with E-state index in [1.807, 2.05) is 44.2 Å². The molecule has 2 rings (SSSR count). The highest BCUT2D eigenvalue weighted by Gasteiger charge is 2.14. The number of nitrogens with one attached hydrogen (secondary N) is 2. The molecule has 0 unspecified atom stereocenters. The number of rotatable bonds is 10. The monoisotopic (exact) mass is 402 g/mol. The topological polar surface area (TPSA) is 68.8 Å². The van der Waals surface area contributed by atoms with Crippen molar-refractivity contribution in [2.45, 2.75) is 20.3 Å². The molecule has 0 radical (unpaired) electrons. The Balaban J connectivity index is 1.98. The summed E-state index contributed by atoms with van der Waals surface area (Å²) in [5.74, 6) is 0.828. The molecule has 0 aromatic heterocycles. The van der Waals surface area contributed by atoms with Gasteiger partial charge in [-0.3, -0.25) is 10.1 Å². The molecule has 0 aliphatic heterocycles. The number of hydrogen-bond donors (Lipinski definition) is 2. The minimum Gasteiger partial charge on any atom is -0.493 e. The minimum absolute atomic E-state index is 0.177. The lowest BCUT2D eigenvalue weighted by molar-refractivity contribution is 0.0973. The fraction of sp³-hybridized carbons (Fsp3) is 0.333. The third-order valence-corrected chi connectivity index (χ3v) is 3.85. The van der Waals surface area contributed by atoms with Crippen LogP contribution in [0.5, 0.6) is 11.5 Å². The molecule has 0 spiro atoms. The highest BCUT2D eigenvalue weighted by atomic mass is 32.1. The molecule has 7 heteroatoms. The van der Waals surface area contributed by atoms with Crippen molar-refractivity contribution in [3.63, 3.8) is 0 Å². The summed E-state index contributed by atoms with van der Waals surface area (Å²) in [6, 6.07) is 14.5. The van der Waals surface area contributed by atoms with Crippen LogP contribution in [-0.2, 0) is 4.74 Å². The number of benzene rings is 2. The van der Waals surface area contributed by atoms with E-state index in [2.05, 4.69) is 10.6 Å². The average molecular weight is 403 g/mol. The van der Waals surface area contributed by atoms with Gasteiger partial charge in [0.1, 0.15) is 18.1 Å². The van der Waals surface area contributed by atoms with E-state index in [-0.39, 0.29) is 11.0 Å². The fourth-order valence-electron chi connectivity index (χ4n) is 2.37. The maximum absolute atomic E-state index is 12.6. The first-order chi connectivity index (χ1) is 13.7. The molecule has 6 nitrogen and oxygen atoms in total. The van der Waals surface area contributed by atoms with Gasteiger partial charge in [-0.25, -0.2) is 0 Å². The largest absolute Gasteiger partial charge is 0.493 e. The van der Waals surface area contributed by atoms with E-state index < -0.39 is 0 Å². The lowest BCUT2D eigenvalue weighted by atomic mass is 10.2. The molecule has 0 aliphatic carbocycles. The van der Waals surface area contributed by atoms with Crippen LogP contribution in [0.3, 0.4) is 0 Å². The van der Waals surface area contributed by atoms with E-state index in [0.717, 1.165) is 6.42 Å². The van der Waals surface area contributed by atoms with Crippen molar-refractivity contribution in [1.29, 1.82) is 0 Å². The summed E-state index contributed by atoms with van der Waals surface area (Å²) in [5.41, 5.74) is 1.10. The second-order valence-electron chi connectivity index (χ2n) is 5.79. The molecule has 2 N–H and O–H groups in total. The molecule has 0 fully saturated rings. The third kappa shape index (κ3) is 6.83. The number of carbonyl (C=O) groups excluding carboxylic acids is 1. The Bertz CT molecular complexity index is 783. The van der Waals surface area contributed by atoms with Crippen LogP contribution >= 0.6 is 12.2 Å². The Kier molecular flexibility index (Phi) is 9.24. The van der Waals surface area contributed by atoms with E-state index in [0.29, 0.717) is 49.2 Å². The van der Waals surface area contributed by atoms with Crippen molar-refractivity contribution in [3.8, 4) is 11.5 Å². The van der Waals surface area contributed by atoms with Gasteiger partial charge in [0.2, 0.25) is 0 Å². The van der Waals surface area contributed by atoms with Gasteiger partial charge in [0.05, 0.1) is 24.5 Å². The van der Waals surface area contributed by atoms with Crippen LogP contribution in [-0.4, -0.2) is 37.4 Å². The maximum Gasteiger partial charge on any atom is 0.261 e. The van der Waals surface area contributed by atoms with Crippen LogP contribution in [0.15, 0.2) is 48.5 Å². The number of carbonyl (C=O) groups is 1. The molecule has 1 amide bonds. The Hall–Kier alpha value is -2.64. The summed E-state index contributed by atoms with van der Waals surface area (Å²) >= 11 is 5.29. The van der Waals surface area contributed by atoms with Gasteiger partial charge < -0.3 is 19.5 Å². The normalized spacial score (nSPS) is 10.2. The SMILES string of the molecule is CCCOc1ccccc1C(=O)NC(=S)Nc1ccccc1OCCOCC. The summed E-state index contributed by atoms with van der Waals surface area (Å²) in [6.07, 6.45) is 0.857. The van der Waals surface area contributed by atoms with Crippen LogP contribution in [0, 0.1) is 0 Å². The van der Waals surface area contributed by atoms with Crippen LogP contribution in [0.2, 0.25) is 0 Å². The maximum atomic E-state index is 12.6. The summed E-state index contributed by atoms with van der Waals surface area (Å²) < 4.78 is 16.6. The third-order valence-electron chi connectivity index (χ3n) is 3.65. The Morgan fingerprint density at radius 1 is 0.929 bits per heavy atom. The standard InChI is InChI=1S/C21H26N2O4S/c1-3-13-26-18-11-7-5-9-16(18)20(24)23-21(28)22-17-10-6-8-12-19(17)27-15-14-25-4-2/h5-12H,3-4,13-15H2,1-2H3,(H2,22,23,24,28). The second kappa shape index (κ2) is 11.9. The van der Waals surface area contributed by atoms with E-state index >= 15 is 0 Å². The number of para-hydroxylation sites is 3. The summed E-state index contributed by atoms with van der Waals surface area (Å²) in [4.78, 5) is 12.6. The van der Waals surface area contributed by atoms with E-state index in [1.54, 1.807) is 18.2 Å². The molecule has 0 saturated carbocycles. The van der Waals surface area contributed by atoms with Crippen molar-refractivity contribution in [1.82, 2.24) is 5.32 Å². The van der Waals surface area contributed by atoms with Crippen molar-refractivity contribution < 1.29 is 19.0 Å². The first-order valence-electron chi connectivity index (χ1n) is 9.29. The highest BCUT2D eigenvalue weighted by molar-refractivity contribution is 7.80. The predicted molar refractivity (Wildman–Crippen MR) is 114 cm³/mol. The summed E-state index contributed by atoms with van der Waals surface area (Å²) in [6.45, 7) is 6.05. The lowest BCUT2D eigenvalue weighted by Crippen LogP contribution is -2.34. The molecule has 150 valence electrons. The Morgan fingerprint density at radius 2 is 1.61 bits per heavy atom. The fourth-order valence-corrected chi connectivity index (χ4v) is 2.57. The molecule has 0 atom stereocenters. The van der Waals surface area contributed by atoms with Gasteiger partial charge in [0, 0.05) is 6.61 Å². The number of thiocarbonyl (C=S) groups is 1. The highest BCUT2D eigenvalue weighted by Crippen LogP contribution is 2.24. The molecule has 0 heterocycles. The van der Waals surface area contributed by atoms with Gasteiger partial charge in [-0.15, -0.1) is 0 Å². The summed E-state index contributed by atoms with van der Waals surface area (Å²) in [5, 5.41) is 5.87. The van der Waals surface area contributed by atoms with Gasteiger partial charge in [0.15, 0.2) is 5.11 Å². The predicted octanol–water partition coefficient (Wildman–Crippen LogP) is 4.02. The van der Waals surface area contributed by atoms with Crippen LogP contribution in [0.25, 0.3) is 0 Å². The van der Waals surface area contributed by atoms with Gasteiger partial charge in [-0.05, 0) is 49.8 Å². The number of ether oxygens (including phenoxy) is 3. The minimum atomic E-state index is -0.334. The molecule has 0 bridgehead atoms. The zero-order chi connectivity index (χ0) is 20.2. The van der Waals surface area contributed by atoms with Crippen LogP contribution in [0.4, 0.5) is 5.69 Å². The van der Waals surface area contributed by atoms with Crippen LogP contribution in [0.1, 0.15) is 30.6 Å². The van der Waals surface area contributed by atoms with Gasteiger partial charge >= 0.3 is 0 Å². The second-order valence-corrected chi connectivity index (χ2v) is 6.20. The van der Waals surface area contributed by atoms with Crippen LogP contribution < -0.4 is 20.1 Å². The van der Waals surface area contributed by atoms with E-state index in [9.17, 15) is 4.79 Å². The molecule has 2 aromatic rings. The smallest absolute Gasteiger partial charge is 0.261 e. The van der Waals surface area contributed by atoms with E-state index in [4.69, 9.17) is 26.4 Å². The van der Waals surface area contributed by atoms with Gasteiger partial charge in [-0.1, -0.05) is 31.2 Å². The van der Waals surface area contributed by atoms with E-state index in [1.165, 1.54) is 0 Å². The van der Waals surface area contributed by atoms with Gasteiger partial charge in [-0.2, -0.15) is 0 Å². The number of hydrogen-bond acceptors (Lipinski definition) is 5. The molecule has 0 saturated heterocycles. The quantitative estimate of drug-likeness (QED) is 0.462. The van der Waals surface area contributed by atoms with Crippen molar-refractivity contribution >= 4 is 28.9 Å². The zero-order valence-electron chi connectivity index (χ0n) is 16.2. The van der Waals surface area contributed by atoms with Crippen molar-refractivity contribution in [3.05, 3.63) is 54.1 Å². The first kappa shape index (κ1) is 21.7. The summed E-state index contributed by atoms with van der Waals surface area (Å²) in [7, 11) is 0. The molecule has 0 aliphatic rings. The number of amides is 1. The zero-order valence-corrected chi connectivity index (χ0v) is 17.0. The lowest BCUT2D eigenvalue weighted by Gasteiger charge is -2.15. The Labute approximate surface area is 171 Å². The molecular weight excluding hydrogens is 376 g/mol. The Morgan fingerprint density at radius 3 is 2.36 bits per heavy atom. The molecule has 28 heavy (non-hydrogen) atoms. The average Bonchev–Trinajstić information content (AvgIpc) is 2.71. The molecular formula is C21H26N2O4S. The van der Waals surface area contributed by atoms with Crippen molar-refractivity contribution in [2.75, 3.05) is 31.7 Å². The van der Waals surface area contributed by atoms with Gasteiger partial charge in [0.25, 0.3) is 5.91 Å².